The summed E-state index contributed by atoms with van der Waals surface area (Å²) in [5, 5.41) is 7.29. The van der Waals surface area contributed by atoms with Crippen LogP contribution in [0.25, 0.3) is 0 Å². The lowest BCUT2D eigenvalue weighted by Crippen LogP contribution is -2.46. The fourth-order valence-corrected chi connectivity index (χ4v) is 5.09. The largest absolute Gasteiger partial charge is 0.357 e. The van der Waals surface area contributed by atoms with Crippen molar-refractivity contribution in [2.45, 2.75) is 25.0 Å². The maximum absolute atomic E-state index is 11.4. The summed E-state index contributed by atoms with van der Waals surface area (Å²) in [6, 6.07) is 0. The van der Waals surface area contributed by atoms with E-state index in [1.807, 2.05) is 11.8 Å². The Bertz CT molecular complexity index is 447. The van der Waals surface area contributed by atoms with Gasteiger partial charge >= 0.3 is 0 Å². The van der Waals surface area contributed by atoms with Gasteiger partial charge in [-0.15, -0.1) is 0 Å². The minimum absolute atomic E-state index is 0.292. The van der Waals surface area contributed by atoms with E-state index in [-0.39, 0.29) is 0 Å². The van der Waals surface area contributed by atoms with Gasteiger partial charge in [-0.05, 0) is 25.5 Å². The molecule has 2 fully saturated rings. The van der Waals surface area contributed by atoms with Gasteiger partial charge in [-0.2, -0.15) is 11.8 Å². The number of nitrogens with one attached hydrogen (secondary N) is 2. The third kappa shape index (κ3) is 6.34. The molecule has 2 aliphatic heterocycles. The Morgan fingerprint density at radius 2 is 2.09 bits per heavy atom. The van der Waals surface area contributed by atoms with Crippen LogP contribution in [0.2, 0.25) is 0 Å². The Kier molecular flexibility index (Phi) is 7.30. The van der Waals surface area contributed by atoms with Gasteiger partial charge in [-0.3, -0.25) is 9.89 Å². The molecule has 0 radical (unpaired) electrons. The molecule has 0 aromatic rings. The van der Waals surface area contributed by atoms with Crippen LogP contribution in [0, 0.1) is 0 Å². The number of hydrogen-bond acceptors (Lipinski definition) is 5. The molecular formula is C14H28N4O2S2. The van der Waals surface area contributed by atoms with E-state index in [4.69, 9.17) is 0 Å². The summed E-state index contributed by atoms with van der Waals surface area (Å²) in [6.07, 6.45) is 2.59. The van der Waals surface area contributed by atoms with Crippen LogP contribution in [0.3, 0.4) is 0 Å². The molecule has 0 aromatic carbocycles. The first-order chi connectivity index (χ1) is 10.6. The van der Waals surface area contributed by atoms with Crippen LogP contribution >= 0.6 is 11.8 Å². The second-order valence-electron chi connectivity index (χ2n) is 5.77. The molecule has 2 rings (SSSR count). The second kappa shape index (κ2) is 8.98. The highest BCUT2D eigenvalue weighted by Gasteiger charge is 2.21. The Labute approximate surface area is 138 Å². The van der Waals surface area contributed by atoms with E-state index in [1.54, 1.807) is 0 Å². The number of aliphatic imine (C=N–C) groups is 1. The van der Waals surface area contributed by atoms with E-state index >= 15 is 0 Å². The van der Waals surface area contributed by atoms with E-state index in [0.717, 1.165) is 32.1 Å². The van der Waals surface area contributed by atoms with Crippen molar-refractivity contribution in [1.29, 1.82) is 0 Å². The average Bonchev–Trinajstić information content (AvgIpc) is 3.00. The first-order valence-electron chi connectivity index (χ1n) is 8.15. The van der Waals surface area contributed by atoms with Crippen LogP contribution in [-0.4, -0.2) is 81.1 Å². The van der Waals surface area contributed by atoms with Gasteiger partial charge in [-0.1, -0.05) is 0 Å². The number of rotatable bonds is 6. The molecule has 0 aliphatic carbocycles. The van der Waals surface area contributed by atoms with Crippen molar-refractivity contribution in [2.75, 3.05) is 56.5 Å². The fourth-order valence-electron chi connectivity index (χ4n) is 2.63. The molecule has 0 amide bonds. The zero-order chi connectivity index (χ0) is 15.8. The van der Waals surface area contributed by atoms with Gasteiger partial charge in [0.15, 0.2) is 15.8 Å². The molecule has 0 saturated carbocycles. The molecule has 0 spiro atoms. The molecule has 128 valence electrons. The molecule has 1 unspecified atom stereocenters. The third-order valence-corrected chi connectivity index (χ3v) is 6.97. The fraction of sp³-hybridized carbons (Fsp3) is 0.929. The van der Waals surface area contributed by atoms with Crippen LogP contribution in [-0.2, 0) is 9.84 Å². The van der Waals surface area contributed by atoms with Gasteiger partial charge in [0.2, 0.25) is 0 Å². The SMILES string of the molecule is CCNC(=NCC1CCCS1)NCCN1CCS(=O)(=O)CC1. The van der Waals surface area contributed by atoms with Crippen molar-refractivity contribution in [3.05, 3.63) is 0 Å². The summed E-state index contributed by atoms with van der Waals surface area (Å²) < 4.78 is 22.8. The quantitative estimate of drug-likeness (QED) is 0.526. The zero-order valence-electron chi connectivity index (χ0n) is 13.4. The second-order valence-corrected chi connectivity index (χ2v) is 9.49. The molecule has 1 atom stereocenters. The van der Waals surface area contributed by atoms with E-state index in [2.05, 4.69) is 27.4 Å². The van der Waals surface area contributed by atoms with Crippen molar-refractivity contribution in [1.82, 2.24) is 15.5 Å². The monoisotopic (exact) mass is 348 g/mol. The maximum atomic E-state index is 11.4. The molecule has 2 saturated heterocycles. The molecule has 0 aromatic heterocycles. The first-order valence-corrected chi connectivity index (χ1v) is 11.0. The highest BCUT2D eigenvalue weighted by molar-refractivity contribution is 8.00. The van der Waals surface area contributed by atoms with Gasteiger partial charge in [0.25, 0.3) is 0 Å². The highest BCUT2D eigenvalue weighted by Crippen LogP contribution is 2.25. The van der Waals surface area contributed by atoms with Gasteiger partial charge in [0.1, 0.15) is 0 Å². The van der Waals surface area contributed by atoms with Crippen LogP contribution in [0.1, 0.15) is 19.8 Å². The minimum atomic E-state index is -2.78. The molecule has 2 aliphatic rings. The standard InChI is InChI=1S/C14H28N4O2S2/c1-2-15-14(17-12-13-4-3-9-21-13)16-5-6-18-7-10-22(19,20)11-8-18/h13H,2-12H2,1H3,(H2,15,16,17). The van der Waals surface area contributed by atoms with Gasteiger partial charge in [0.05, 0.1) is 18.1 Å². The normalized spacial score (nSPS) is 26.0. The number of hydrogen-bond donors (Lipinski definition) is 2. The predicted octanol–water partition coefficient (Wildman–Crippen LogP) is 0.168. The topological polar surface area (TPSA) is 73.8 Å². The molecule has 6 nitrogen and oxygen atoms in total. The number of nitrogens with zero attached hydrogens (tertiary/aromatic N) is 2. The van der Waals surface area contributed by atoms with E-state index in [1.165, 1.54) is 18.6 Å². The number of thioether (sulfide) groups is 1. The molecule has 8 heteroatoms. The lowest BCUT2D eigenvalue weighted by atomic mass is 10.2. The minimum Gasteiger partial charge on any atom is -0.357 e. The van der Waals surface area contributed by atoms with E-state index < -0.39 is 9.84 Å². The summed E-state index contributed by atoms with van der Waals surface area (Å²) in [6.45, 7) is 6.75. The highest BCUT2D eigenvalue weighted by atomic mass is 32.2. The van der Waals surface area contributed by atoms with E-state index in [9.17, 15) is 8.42 Å². The van der Waals surface area contributed by atoms with Gasteiger partial charge in [-0.25, -0.2) is 8.42 Å². The van der Waals surface area contributed by atoms with Crippen LogP contribution in [0.5, 0.6) is 0 Å². The number of guanidine groups is 1. The van der Waals surface area contributed by atoms with Crippen LogP contribution in [0.15, 0.2) is 4.99 Å². The maximum Gasteiger partial charge on any atom is 0.191 e. The van der Waals surface area contributed by atoms with E-state index in [0.29, 0.717) is 29.8 Å². The van der Waals surface area contributed by atoms with Crippen molar-refractivity contribution < 1.29 is 8.42 Å². The average molecular weight is 349 g/mol. The zero-order valence-corrected chi connectivity index (χ0v) is 15.0. The summed E-state index contributed by atoms with van der Waals surface area (Å²) in [5.41, 5.74) is 0. The third-order valence-electron chi connectivity index (χ3n) is 3.98. The van der Waals surface area contributed by atoms with Crippen molar-refractivity contribution in [2.24, 2.45) is 4.99 Å². The molecule has 2 heterocycles. The Morgan fingerprint density at radius 3 is 2.73 bits per heavy atom. The summed E-state index contributed by atoms with van der Waals surface area (Å²) >= 11 is 2.02. The van der Waals surface area contributed by atoms with Gasteiger partial charge in [0, 0.05) is 38.0 Å². The summed E-state index contributed by atoms with van der Waals surface area (Å²) in [4.78, 5) is 6.86. The lowest BCUT2D eigenvalue weighted by molar-refractivity contribution is 0.299. The Hall–Kier alpha value is -0.470. The predicted molar refractivity (Wildman–Crippen MR) is 94.6 cm³/mol. The molecule has 2 N–H and O–H groups in total. The molecular weight excluding hydrogens is 320 g/mol. The van der Waals surface area contributed by atoms with Crippen molar-refractivity contribution in [3.63, 3.8) is 0 Å². The van der Waals surface area contributed by atoms with Crippen molar-refractivity contribution in [3.8, 4) is 0 Å². The van der Waals surface area contributed by atoms with Crippen LogP contribution < -0.4 is 10.6 Å². The van der Waals surface area contributed by atoms with Crippen molar-refractivity contribution >= 4 is 27.6 Å². The smallest absolute Gasteiger partial charge is 0.191 e. The first kappa shape index (κ1) is 17.9. The molecule has 0 bridgehead atoms. The summed E-state index contributed by atoms with van der Waals surface area (Å²) in [7, 11) is -2.78. The summed E-state index contributed by atoms with van der Waals surface area (Å²) in [5.74, 6) is 2.72. The lowest BCUT2D eigenvalue weighted by Gasteiger charge is -2.26. The molecule has 22 heavy (non-hydrogen) atoms. The van der Waals surface area contributed by atoms with Crippen LogP contribution in [0.4, 0.5) is 0 Å². The number of sulfone groups is 1. The Morgan fingerprint density at radius 1 is 1.32 bits per heavy atom. The Balaban J connectivity index is 1.68. The van der Waals surface area contributed by atoms with Gasteiger partial charge < -0.3 is 10.6 Å².